The summed E-state index contributed by atoms with van der Waals surface area (Å²) in [6.07, 6.45) is 3.16. The number of carbonyl (C=O) groups is 2. The molecular weight excluding hydrogens is 394 g/mol. The molecule has 4 rings (SSSR count). The van der Waals surface area contributed by atoms with Crippen LogP contribution in [0.3, 0.4) is 0 Å². The van der Waals surface area contributed by atoms with Crippen molar-refractivity contribution in [2.24, 2.45) is 7.05 Å². The molecule has 0 atom stereocenters. The van der Waals surface area contributed by atoms with E-state index in [2.05, 4.69) is 20.7 Å². The van der Waals surface area contributed by atoms with Crippen molar-refractivity contribution in [2.45, 2.75) is 6.42 Å². The van der Waals surface area contributed by atoms with E-state index in [0.717, 1.165) is 0 Å². The Balaban J connectivity index is 1.50. The van der Waals surface area contributed by atoms with Crippen molar-refractivity contribution >= 4 is 34.0 Å². The minimum Gasteiger partial charge on any atom is -0.326 e. The first-order valence-electron chi connectivity index (χ1n) is 9.57. The number of nitrogens with zero attached hydrogens (tertiary/aromatic N) is 3. The van der Waals surface area contributed by atoms with Crippen LogP contribution in [0.15, 0.2) is 77.9 Å². The van der Waals surface area contributed by atoms with E-state index in [9.17, 15) is 14.4 Å². The number of anilines is 2. The summed E-state index contributed by atoms with van der Waals surface area (Å²) in [4.78, 5) is 41.3. The van der Waals surface area contributed by atoms with E-state index in [4.69, 9.17) is 0 Å². The zero-order chi connectivity index (χ0) is 21.8. The number of aromatic nitrogens is 3. The topological polar surface area (TPSA) is 106 Å². The summed E-state index contributed by atoms with van der Waals surface area (Å²) in [5, 5.41) is 11.0. The molecule has 0 saturated carbocycles. The fourth-order valence-electron chi connectivity index (χ4n) is 3.24. The number of hydrogen-bond acceptors (Lipinski definition) is 5. The van der Waals surface area contributed by atoms with Crippen molar-refractivity contribution in [2.75, 3.05) is 10.6 Å². The highest BCUT2D eigenvalue weighted by Gasteiger charge is 2.13. The van der Waals surface area contributed by atoms with Gasteiger partial charge in [0.1, 0.15) is 0 Å². The fourth-order valence-corrected chi connectivity index (χ4v) is 3.24. The van der Waals surface area contributed by atoms with Crippen molar-refractivity contribution in [3.05, 3.63) is 94.7 Å². The molecule has 2 aromatic heterocycles. The number of amides is 2. The number of benzene rings is 2. The lowest BCUT2D eigenvalue weighted by atomic mass is 10.1. The second kappa shape index (κ2) is 8.58. The molecular formula is C23H19N5O3. The average molecular weight is 413 g/mol. The molecule has 4 aromatic rings. The van der Waals surface area contributed by atoms with Crippen LogP contribution in [-0.4, -0.2) is 26.6 Å². The van der Waals surface area contributed by atoms with Crippen molar-refractivity contribution in [1.82, 2.24) is 14.8 Å². The first-order valence-corrected chi connectivity index (χ1v) is 9.57. The van der Waals surface area contributed by atoms with Crippen LogP contribution >= 0.6 is 0 Å². The van der Waals surface area contributed by atoms with Crippen LogP contribution in [0.1, 0.15) is 16.1 Å². The number of carbonyl (C=O) groups excluding carboxylic acids is 2. The highest BCUT2D eigenvalue weighted by Crippen LogP contribution is 2.16. The van der Waals surface area contributed by atoms with Crippen LogP contribution in [-0.2, 0) is 18.3 Å². The number of nitrogens with one attached hydrogen (secondary N) is 2. The van der Waals surface area contributed by atoms with Crippen LogP contribution in [0.5, 0.6) is 0 Å². The molecule has 0 aliphatic heterocycles. The summed E-state index contributed by atoms with van der Waals surface area (Å²) in [6, 6.07) is 17.1. The summed E-state index contributed by atoms with van der Waals surface area (Å²) in [5.74, 6) is -0.601. The van der Waals surface area contributed by atoms with Gasteiger partial charge in [0.05, 0.1) is 17.5 Å². The molecule has 0 saturated heterocycles. The lowest BCUT2D eigenvalue weighted by molar-refractivity contribution is -0.115. The molecule has 0 radical (unpaired) electrons. The van der Waals surface area contributed by atoms with E-state index in [1.807, 2.05) is 0 Å². The lowest BCUT2D eigenvalue weighted by Gasteiger charge is -2.10. The summed E-state index contributed by atoms with van der Waals surface area (Å²) in [5.41, 5.74) is 1.80. The third-order valence-electron chi connectivity index (χ3n) is 4.71. The Morgan fingerprint density at radius 3 is 2.42 bits per heavy atom. The van der Waals surface area contributed by atoms with Crippen LogP contribution in [0.25, 0.3) is 10.8 Å². The van der Waals surface area contributed by atoms with E-state index >= 15 is 0 Å². The second-order valence-corrected chi connectivity index (χ2v) is 6.92. The number of rotatable bonds is 5. The third kappa shape index (κ3) is 4.48. The fraction of sp³-hybridized carbons (Fsp3) is 0.0870. The highest BCUT2D eigenvalue weighted by molar-refractivity contribution is 6.05. The molecule has 0 fully saturated rings. The Kier molecular flexibility index (Phi) is 5.53. The maximum absolute atomic E-state index is 12.6. The van der Waals surface area contributed by atoms with Gasteiger partial charge in [0.15, 0.2) is 0 Å². The van der Waals surface area contributed by atoms with Gasteiger partial charge in [-0.3, -0.25) is 19.4 Å². The maximum atomic E-state index is 12.6. The minimum atomic E-state index is -0.303. The molecule has 0 aliphatic carbocycles. The van der Waals surface area contributed by atoms with Gasteiger partial charge in [-0.1, -0.05) is 24.3 Å². The second-order valence-electron chi connectivity index (χ2n) is 6.92. The van der Waals surface area contributed by atoms with Crippen molar-refractivity contribution in [1.29, 1.82) is 0 Å². The summed E-state index contributed by atoms with van der Waals surface area (Å²) >= 11 is 0. The van der Waals surface area contributed by atoms with Gasteiger partial charge in [0.25, 0.3) is 11.5 Å². The van der Waals surface area contributed by atoms with Crippen LogP contribution < -0.4 is 16.2 Å². The number of hydrogen-bond donors (Lipinski definition) is 2. The van der Waals surface area contributed by atoms with E-state index in [0.29, 0.717) is 33.4 Å². The number of fused-ring (bicyclic) bond motifs is 1. The van der Waals surface area contributed by atoms with Crippen LogP contribution in [0, 0.1) is 0 Å². The van der Waals surface area contributed by atoms with Gasteiger partial charge >= 0.3 is 0 Å². The molecule has 2 amide bonds. The van der Waals surface area contributed by atoms with Crippen molar-refractivity contribution in [3.63, 3.8) is 0 Å². The van der Waals surface area contributed by atoms with E-state index in [1.165, 1.54) is 4.68 Å². The maximum Gasteiger partial charge on any atom is 0.274 e. The zero-order valence-electron chi connectivity index (χ0n) is 16.7. The van der Waals surface area contributed by atoms with Gasteiger partial charge in [-0.05, 0) is 36.4 Å². The molecule has 8 heteroatoms. The molecule has 31 heavy (non-hydrogen) atoms. The average Bonchev–Trinajstić information content (AvgIpc) is 2.78. The van der Waals surface area contributed by atoms with Gasteiger partial charge in [-0.2, -0.15) is 5.10 Å². The molecule has 2 N–H and O–H groups in total. The van der Waals surface area contributed by atoms with Gasteiger partial charge < -0.3 is 10.6 Å². The standard InChI is InChI=1S/C23H19N5O3/c1-28-23(31)19-8-3-2-7-18(19)20(27-28)14-21(29)25-17-6-4-5-15(13-17)22(30)26-16-9-11-24-12-10-16/h2-13H,14H2,1H3,(H,25,29)(H,24,26,30). The van der Waals surface area contributed by atoms with Crippen molar-refractivity contribution in [3.8, 4) is 0 Å². The van der Waals surface area contributed by atoms with Crippen molar-refractivity contribution < 1.29 is 9.59 Å². The first kappa shape index (κ1) is 20.0. The van der Waals surface area contributed by atoms with E-state index in [1.54, 1.807) is 80.1 Å². The molecule has 0 bridgehead atoms. The third-order valence-corrected chi connectivity index (χ3v) is 4.71. The van der Waals surface area contributed by atoms with Gasteiger partial charge in [0, 0.05) is 41.8 Å². The molecule has 0 unspecified atom stereocenters. The largest absolute Gasteiger partial charge is 0.326 e. The van der Waals surface area contributed by atoms with Gasteiger partial charge in [0.2, 0.25) is 5.91 Å². The molecule has 154 valence electrons. The Hall–Kier alpha value is -4.33. The molecule has 0 spiro atoms. The zero-order valence-corrected chi connectivity index (χ0v) is 16.7. The van der Waals surface area contributed by atoms with Crippen LogP contribution in [0.4, 0.5) is 11.4 Å². The molecule has 2 aromatic carbocycles. The lowest BCUT2D eigenvalue weighted by Crippen LogP contribution is -2.24. The molecule has 0 aliphatic rings. The Labute approximate surface area is 177 Å². The predicted octanol–water partition coefficient (Wildman–Crippen LogP) is 2.76. The first-order chi connectivity index (χ1) is 15.0. The minimum absolute atomic E-state index is 0.0118. The Morgan fingerprint density at radius 2 is 1.65 bits per heavy atom. The normalized spacial score (nSPS) is 10.6. The highest BCUT2D eigenvalue weighted by atomic mass is 16.2. The monoisotopic (exact) mass is 413 g/mol. The van der Waals surface area contributed by atoms with Gasteiger partial charge in [-0.15, -0.1) is 0 Å². The van der Waals surface area contributed by atoms with Crippen LogP contribution in [0.2, 0.25) is 0 Å². The summed E-state index contributed by atoms with van der Waals surface area (Å²) < 4.78 is 1.23. The summed E-state index contributed by atoms with van der Waals surface area (Å²) in [7, 11) is 1.56. The quantitative estimate of drug-likeness (QED) is 0.523. The Bertz CT molecular complexity index is 1330. The smallest absolute Gasteiger partial charge is 0.274 e. The number of aryl methyl sites for hydroxylation is 1. The molecule has 8 nitrogen and oxygen atoms in total. The number of pyridine rings is 1. The van der Waals surface area contributed by atoms with E-state index < -0.39 is 0 Å². The Morgan fingerprint density at radius 1 is 0.903 bits per heavy atom. The van der Waals surface area contributed by atoms with E-state index in [-0.39, 0.29) is 23.8 Å². The predicted molar refractivity (Wildman–Crippen MR) is 118 cm³/mol. The molecule has 2 heterocycles. The SMILES string of the molecule is Cn1nc(CC(=O)Nc2cccc(C(=O)Nc3ccncc3)c2)c2ccccc2c1=O. The van der Waals surface area contributed by atoms with Gasteiger partial charge in [-0.25, -0.2) is 4.68 Å². The summed E-state index contributed by atoms with van der Waals surface area (Å²) in [6.45, 7) is 0.